The number of methoxy groups -OCH3 is 1. The first-order chi connectivity index (χ1) is 15.6. The average Bonchev–Trinajstić information content (AvgIpc) is 3.11. The maximum atomic E-state index is 14.6. The van der Waals surface area contributed by atoms with E-state index in [-0.39, 0.29) is 16.5 Å². The Morgan fingerprint density at radius 3 is 2.36 bits per heavy atom. The van der Waals surface area contributed by atoms with Gasteiger partial charge >= 0.3 is 6.18 Å². The van der Waals surface area contributed by atoms with Gasteiger partial charge < -0.3 is 9.47 Å². The number of pyridine rings is 1. The van der Waals surface area contributed by atoms with E-state index in [0.29, 0.717) is 23.3 Å². The number of nitrogens with zero attached hydrogens (tertiary/aromatic N) is 3. The van der Waals surface area contributed by atoms with Crippen molar-refractivity contribution in [1.29, 1.82) is 0 Å². The molecule has 0 spiro atoms. The molecule has 2 aromatic carbocycles. The molecule has 0 fully saturated rings. The Morgan fingerprint density at radius 1 is 1.06 bits per heavy atom. The summed E-state index contributed by atoms with van der Waals surface area (Å²) in [4.78, 5) is 8.24. The molecule has 0 saturated heterocycles. The molecule has 33 heavy (non-hydrogen) atoms. The van der Waals surface area contributed by atoms with Gasteiger partial charge in [-0.3, -0.25) is 5.01 Å². The molecule has 0 radical (unpaired) electrons. The molecule has 1 aliphatic rings. The summed E-state index contributed by atoms with van der Waals surface area (Å²) in [5.74, 6) is -1.33. The lowest BCUT2D eigenvalue weighted by Crippen LogP contribution is -2.46. The predicted octanol–water partition coefficient (Wildman–Crippen LogP) is 5.34. The number of nitrogens with one attached hydrogen (secondary N) is 1. The third kappa shape index (κ3) is 4.50. The third-order valence-electron chi connectivity index (χ3n) is 4.90. The minimum absolute atomic E-state index is 0.0142. The van der Waals surface area contributed by atoms with Crippen LogP contribution in [0.1, 0.15) is 16.7 Å². The summed E-state index contributed by atoms with van der Waals surface area (Å²) < 4.78 is 63.6. The summed E-state index contributed by atoms with van der Waals surface area (Å²) in [5, 5.41) is 1.72. The number of rotatable bonds is 5. The molecule has 0 aliphatic carbocycles. The number of aliphatic imine (C=N–C) groups is 1. The van der Waals surface area contributed by atoms with E-state index >= 15 is 0 Å². The van der Waals surface area contributed by atoms with Crippen molar-refractivity contribution in [3.8, 4) is 11.6 Å². The van der Waals surface area contributed by atoms with Crippen LogP contribution in [-0.2, 0) is 16.8 Å². The van der Waals surface area contributed by atoms with Gasteiger partial charge in [0.1, 0.15) is 17.4 Å². The van der Waals surface area contributed by atoms with Crippen LogP contribution in [0.15, 0.2) is 65.8 Å². The van der Waals surface area contributed by atoms with Crippen molar-refractivity contribution in [2.24, 2.45) is 4.99 Å². The monoisotopic (exact) mass is 480 g/mol. The largest absolute Gasteiger partial charge is 0.439 e. The normalized spacial score (nSPS) is 18.4. The van der Waals surface area contributed by atoms with Crippen LogP contribution in [0.4, 0.5) is 17.6 Å². The maximum absolute atomic E-state index is 14.6. The lowest BCUT2D eigenvalue weighted by molar-refractivity contribution is -0.137. The van der Waals surface area contributed by atoms with Gasteiger partial charge in [0, 0.05) is 32.0 Å². The first-order valence-corrected chi connectivity index (χ1v) is 9.93. The van der Waals surface area contributed by atoms with Crippen LogP contribution in [0.2, 0.25) is 5.02 Å². The van der Waals surface area contributed by atoms with Gasteiger partial charge in [-0.05, 0) is 42.5 Å². The Kier molecular flexibility index (Phi) is 6.00. The molecule has 6 nitrogen and oxygen atoms in total. The van der Waals surface area contributed by atoms with E-state index in [4.69, 9.17) is 21.1 Å². The molecule has 1 atom stereocenters. The fourth-order valence-electron chi connectivity index (χ4n) is 3.32. The molecular formula is C22H17ClF4N4O2. The second-order valence-corrected chi connectivity index (χ2v) is 7.47. The van der Waals surface area contributed by atoms with Crippen molar-refractivity contribution in [3.05, 3.63) is 88.3 Å². The zero-order valence-electron chi connectivity index (χ0n) is 17.3. The van der Waals surface area contributed by atoms with Crippen LogP contribution in [-0.4, -0.2) is 30.0 Å². The quantitative estimate of drug-likeness (QED) is 0.500. The van der Waals surface area contributed by atoms with Gasteiger partial charge in [0.2, 0.25) is 5.88 Å². The summed E-state index contributed by atoms with van der Waals surface area (Å²) in [6.07, 6.45) is -3.77. The Hall–Kier alpha value is -3.21. The number of hydrazine groups is 1. The van der Waals surface area contributed by atoms with Crippen LogP contribution in [0.25, 0.3) is 0 Å². The van der Waals surface area contributed by atoms with Gasteiger partial charge in [0.25, 0.3) is 5.85 Å². The first kappa shape index (κ1) is 23.0. The second kappa shape index (κ2) is 8.62. The van der Waals surface area contributed by atoms with Gasteiger partial charge in [0.05, 0.1) is 16.1 Å². The van der Waals surface area contributed by atoms with E-state index in [1.807, 2.05) is 0 Å². The summed E-state index contributed by atoms with van der Waals surface area (Å²) in [5.41, 5.74) is 2.81. The zero-order chi connectivity index (χ0) is 23.8. The molecule has 0 bridgehead atoms. The Labute approximate surface area is 191 Å². The zero-order valence-corrected chi connectivity index (χ0v) is 18.1. The summed E-state index contributed by atoms with van der Waals surface area (Å²) >= 11 is 6.22. The topological polar surface area (TPSA) is 59.0 Å². The van der Waals surface area contributed by atoms with Crippen molar-refractivity contribution in [1.82, 2.24) is 15.4 Å². The molecule has 1 N–H and O–H groups in total. The molecular weight excluding hydrogens is 464 g/mol. The third-order valence-corrected chi connectivity index (χ3v) is 5.21. The number of hydrogen-bond donors (Lipinski definition) is 1. The molecule has 1 aromatic heterocycles. The predicted molar refractivity (Wildman–Crippen MR) is 113 cm³/mol. The highest BCUT2D eigenvalue weighted by Gasteiger charge is 2.43. The van der Waals surface area contributed by atoms with Crippen molar-refractivity contribution in [2.75, 3.05) is 14.2 Å². The number of hydrogen-bond acceptors (Lipinski definition) is 6. The highest BCUT2D eigenvalue weighted by Crippen LogP contribution is 2.36. The highest BCUT2D eigenvalue weighted by molar-refractivity contribution is 6.31. The molecule has 11 heteroatoms. The van der Waals surface area contributed by atoms with Crippen LogP contribution in [0.3, 0.4) is 0 Å². The Morgan fingerprint density at radius 2 is 1.79 bits per heavy atom. The number of ether oxygens (including phenoxy) is 2. The smallest absolute Gasteiger partial charge is 0.417 e. The van der Waals surface area contributed by atoms with Crippen molar-refractivity contribution < 1.29 is 27.0 Å². The van der Waals surface area contributed by atoms with Crippen molar-refractivity contribution in [2.45, 2.75) is 12.0 Å². The van der Waals surface area contributed by atoms with E-state index in [2.05, 4.69) is 15.4 Å². The lowest BCUT2D eigenvalue weighted by atomic mass is 10.1. The molecule has 3 aromatic rings. The van der Waals surface area contributed by atoms with Gasteiger partial charge in [-0.2, -0.15) is 18.6 Å². The van der Waals surface area contributed by atoms with E-state index in [1.165, 1.54) is 25.3 Å². The van der Waals surface area contributed by atoms with Crippen LogP contribution in [0, 0.1) is 5.82 Å². The van der Waals surface area contributed by atoms with Gasteiger partial charge in [-0.15, -0.1) is 0 Å². The summed E-state index contributed by atoms with van der Waals surface area (Å²) in [6.45, 7) is 0. The number of amidine groups is 1. The molecule has 1 aliphatic heterocycles. The molecule has 4 rings (SSSR count). The van der Waals surface area contributed by atoms with Crippen molar-refractivity contribution in [3.63, 3.8) is 0 Å². The van der Waals surface area contributed by atoms with Gasteiger partial charge in [-0.1, -0.05) is 17.7 Å². The fourth-order valence-corrected chi connectivity index (χ4v) is 3.61. The van der Waals surface area contributed by atoms with E-state index in [1.54, 1.807) is 36.3 Å². The first-order valence-electron chi connectivity index (χ1n) is 9.55. The minimum atomic E-state index is -4.47. The standard InChI is InChI=1S/C22H17ClF4N4O2/c1-31-20(29-22(30-31,32-2)19-16(23)4-3-5-17(19)24)13-6-9-15(10-7-13)33-18-11-8-14(12-28-18)21(25,26)27/h3-12,30H,1-2H3. The fraction of sp³-hybridized carbons (Fsp3) is 0.182. The van der Waals surface area contributed by atoms with Crippen LogP contribution in [0.5, 0.6) is 11.6 Å². The lowest BCUT2D eigenvalue weighted by Gasteiger charge is -2.27. The summed E-state index contributed by atoms with van der Waals surface area (Å²) in [7, 11) is 3.06. The van der Waals surface area contributed by atoms with E-state index < -0.39 is 23.4 Å². The summed E-state index contributed by atoms with van der Waals surface area (Å²) in [6, 6.07) is 12.9. The SMILES string of the molecule is COC1(c2c(F)cccc2Cl)N=C(c2ccc(Oc3ccc(C(F)(F)F)cn3)cc2)N(C)N1. The maximum Gasteiger partial charge on any atom is 0.417 e. The number of alkyl halides is 3. The Balaban J connectivity index is 1.58. The van der Waals surface area contributed by atoms with Crippen LogP contribution >= 0.6 is 11.6 Å². The van der Waals surface area contributed by atoms with Crippen molar-refractivity contribution >= 4 is 17.4 Å². The van der Waals surface area contributed by atoms with E-state index in [9.17, 15) is 17.6 Å². The molecule has 0 saturated carbocycles. The average molecular weight is 481 g/mol. The molecule has 172 valence electrons. The van der Waals surface area contributed by atoms with Gasteiger partial charge in [0.15, 0.2) is 0 Å². The highest BCUT2D eigenvalue weighted by atomic mass is 35.5. The van der Waals surface area contributed by atoms with E-state index in [0.717, 1.165) is 12.1 Å². The number of aromatic nitrogens is 1. The Bertz CT molecular complexity index is 1170. The number of halogens is 5. The minimum Gasteiger partial charge on any atom is -0.439 e. The second-order valence-electron chi connectivity index (χ2n) is 7.06. The molecule has 0 amide bonds. The van der Waals surface area contributed by atoms with Gasteiger partial charge in [-0.25, -0.2) is 14.4 Å². The van der Waals surface area contributed by atoms with Crippen LogP contribution < -0.4 is 10.2 Å². The molecule has 2 heterocycles. The molecule has 1 unspecified atom stereocenters. The number of benzene rings is 2.